The van der Waals surface area contributed by atoms with E-state index in [1.807, 2.05) is 6.20 Å². The van der Waals surface area contributed by atoms with Crippen molar-refractivity contribution in [2.24, 2.45) is 23.7 Å². The molecule has 2 heteroatoms. The van der Waals surface area contributed by atoms with Crippen molar-refractivity contribution in [3.8, 4) is 5.75 Å². The van der Waals surface area contributed by atoms with Crippen molar-refractivity contribution in [3.63, 3.8) is 0 Å². The minimum atomic E-state index is 0.746. The van der Waals surface area contributed by atoms with Gasteiger partial charge in [-0.2, -0.15) is 0 Å². The lowest BCUT2D eigenvalue weighted by Crippen LogP contribution is -2.27. The third-order valence-corrected chi connectivity index (χ3v) is 8.24. The molecule has 2 aliphatic carbocycles. The molecule has 0 atom stereocenters. The molecular weight excluding hydrogens is 378 g/mol. The smallest absolute Gasteiger partial charge is 0.137 e. The van der Waals surface area contributed by atoms with Crippen molar-refractivity contribution in [3.05, 3.63) is 24.0 Å². The summed E-state index contributed by atoms with van der Waals surface area (Å²) in [5.41, 5.74) is 1.21. The van der Waals surface area contributed by atoms with E-state index < -0.39 is 0 Å². The monoisotopic (exact) mass is 427 g/mol. The van der Waals surface area contributed by atoms with Gasteiger partial charge in [0.1, 0.15) is 5.75 Å². The van der Waals surface area contributed by atoms with Gasteiger partial charge in [-0.05, 0) is 87.2 Å². The molecule has 2 aliphatic rings. The first kappa shape index (κ1) is 24.6. The number of hydrogen-bond acceptors (Lipinski definition) is 2. The average Bonchev–Trinajstić information content (AvgIpc) is 2.82. The van der Waals surface area contributed by atoms with Crippen LogP contribution >= 0.6 is 0 Å². The topological polar surface area (TPSA) is 22.1 Å². The normalized spacial score (nSPS) is 26.6. The maximum Gasteiger partial charge on any atom is 0.137 e. The highest BCUT2D eigenvalue weighted by molar-refractivity contribution is 5.20. The Morgan fingerprint density at radius 3 is 2.00 bits per heavy atom. The van der Waals surface area contributed by atoms with Crippen LogP contribution in [-0.4, -0.2) is 11.6 Å². The SMILES string of the molecule is CCCCCCc1ccc(OCC2CCC(C3CCC(CCCCC)CC3)CC2)cn1. The minimum Gasteiger partial charge on any atom is -0.492 e. The molecule has 0 N–H and O–H groups in total. The van der Waals surface area contributed by atoms with Crippen molar-refractivity contribution in [1.29, 1.82) is 0 Å². The molecule has 1 aromatic heterocycles. The fraction of sp³-hybridized carbons (Fsp3) is 0.828. The van der Waals surface area contributed by atoms with Crippen LogP contribution in [0.4, 0.5) is 0 Å². The van der Waals surface area contributed by atoms with Gasteiger partial charge in [0.15, 0.2) is 0 Å². The van der Waals surface area contributed by atoms with Crippen molar-refractivity contribution in [2.45, 2.75) is 123 Å². The van der Waals surface area contributed by atoms with Crippen molar-refractivity contribution < 1.29 is 4.74 Å². The first-order valence-electron chi connectivity index (χ1n) is 13.9. The molecule has 1 heterocycles. The van der Waals surface area contributed by atoms with E-state index in [-0.39, 0.29) is 0 Å². The zero-order chi connectivity index (χ0) is 21.7. The second-order valence-electron chi connectivity index (χ2n) is 10.7. The molecule has 0 aromatic carbocycles. The summed E-state index contributed by atoms with van der Waals surface area (Å²) in [5.74, 6) is 4.78. The number of rotatable bonds is 13. The first-order chi connectivity index (χ1) is 15.3. The van der Waals surface area contributed by atoms with Crippen molar-refractivity contribution in [1.82, 2.24) is 4.98 Å². The summed E-state index contributed by atoms with van der Waals surface area (Å²) in [5, 5.41) is 0. The summed E-state index contributed by atoms with van der Waals surface area (Å²) >= 11 is 0. The number of aryl methyl sites for hydroxylation is 1. The van der Waals surface area contributed by atoms with Crippen molar-refractivity contribution in [2.75, 3.05) is 6.61 Å². The Labute approximate surface area is 193 Å². The lowest BCUT2D eigenvalue weighted by Gasteiger charge is -2.38. The number of nitrogens with zero attached hydrogens (tertiary/aromatic N) is 1. The molecule has 1 aromatic rings. The molecule has 0 amide bonds. The van der Waals surface area contributed by atoms with Gasteiger partial charge in [0.25, 0.3) is 0 Å². The van der Waals surface area contributed by atoms with Crippen LogP contribution in [0, 0.1) is 23.7 Å². The summed E-state index contributed by atoms with van der Waals surface area (Å²) < 4.78 is 6.12. The maximum atomic E-state index is 6.12. The maximum absolute atomic E-state index is 6.12. The third kappa shape index (κ3) is 8.78. The van der Waals surface area contributed by atoms with E-state index in [1.54, 1.807) is 0 Å². The van der Waals surface area contributed by atoms with Gasteiger partial charge in [0.05, 0.1) is 12.8 Å². The van der Waals surface area contributed by atoms with Crippen molar-refractivity contribution >= 4 is 0 Å². The van der Waals surface area contributed by atoms with Crippen LogP contribution in [0.2, 0.25) is 0 Å². The van der Waals surface area contributed by atoms with Gasteiger partial charge in [-0.3, -0.25) is 4.98 Å². The lowest BCUT2D eigenvalue weighted by molar-refractivity contribution is 0.121. The molecule has 31 heavy (non-hydrogen) atoms. The van der Waals surface area contributed by atoms with Gasteiger partial charge in [-0.25, -0.2) is 0 Å². The first-order valence-corrected chi connectivity index (χ1v) is 13.9. The van der Waals surface area contributed by atoms with Crippen LogP contribution < -0.4 is 4.74 Å². The summed E-state index contributed by atoms with van der Waals surface area (Å²) in [4.78, 5) is 4.62. The lowest BCUT2D eigenvalue weighted by atomic mass is 9.69. The molecule has 3 rings (SSSR count). The highest BCUT2D eigenvalue weighted by Gasteiger charge is 2.30. The molecule has 2 saturated carbocycles. The molecule has 0 unspecified atom stereocenters. The van der Waals surface area contributed by atoms with Crippen LogP contribution in [0.15, 0.2) is 18.3 Å². The average molecular weight is 428 g/mol. The van der Waals surface area contributed by atoms with E-state index in [9.17, 15) is 0 Å². The minimum absolute atomic E-state index is 0.746. The molecule has 0 spiro atoms. The van der Waals surface area contributed by atoms with Gasteiger partial charge in [-0.1, -0.05) is 71.6 Å². The number of hydrogen-bond donors (Lipinski definition) is 0. The Morgan fingerprint density at radius 2 is 1.39 bits per heavy atom. The molecule has 0 bridgehead atoms. The van der Waals surface area contributed by atoms with Gasteiger partial charge in [0.2, 0.25) is 0 Å². The van der Waals surface area contributed by atoms with Gasteiger partial charge in [0, 0.05) is 5.69 Å². The number of aromatic nitrogens is 1. The van der Waals surface area contributed by atoms with Crippen LogP contribution in [0.1, 0.15) is 122 Å². The Morgan fingerprint density at radius 1 is 0.742 bits per heavy atom. The number of ether oxygens (including phenoxy) is 1. The van der Waals surface area contributed by atoms with E-state index in [1.165, 1.54) is 108 Å². The van der Waals surface area contributed by atoms with Crippen LogP contribution in [0.3, 0.4) is 0 Å². The van der Waals surface area contributed by atoms with Gasteiger partial charge >= 0.3 is 0 Å². The predicted molar refractivity (Wildman–Crippen MR) is 133 cm³/mol. The molecular formula is C29H49NO. The Balaban J connectivity index is 1.28. The van der Waals surface area contributed by atoms with E-state index in [0.717, 1.165) is 42.4 Å². The van der Waals surface area contributed by atoms with E-state index in [0.29, 0.717) is 0 Å². The molecule has 0 radical (unpaired) electrons. The second kappa shape index (κ2) is 14.2. The van der Waals surface area contributed by atoms with E-state index >= 15 is 0 Å². The molecule has 2 fully saturated rings. The predicted octanol–water partition coefficient (Wildman–Crippen LogP) is 8.78. The summed E-state index contributed by atoms with van der Waals surface area (Å²) in [6, 6.07) is 4.30. The molecule has 0 saturated heterocycles. The Kier molecular flexibility index (Phi) is 11.2. The fourth-order valence-corrected chi connectivity index (χ4v) is 6.05. The standard InChI is InChI=1S/C29H49NO/c1-3-5-7-9-11-28-20-21-29(22-30-28)31-23-25-14-18-27(19-15-25)26-16-12-24(13-17-26)10-8-6-4-2/h20-22,24-27H,3-19,23H2,1-2H3. The third-order valence-electron chi connectivity index (χ3n) is 8.24. The molecule has 176 valence electrons. The zero-order valence-corrected chi connectivity index (χ0v) is 20.6. The van der Waals surface area contributed by atoms with Crippen LogP contribution in [0.5, 0.6) is 5.75 Å². The highest BCUT2D eigenvalue weighted by atomic mass is 16.5. The van der Waals surface area contributed by atoms with Gasteiger partial charge < -0.3 is 4.74 Å². The number of pyridine rings is 1. The summed E-state index contributed by atoms with van der Waals surface area (Å²) in [6.45, 7) is 5.47. The van der Waals surface area contributed by atoms with Gasteiger partial charge in [-0.15, -0.1) is 0 Å². The fourth-order valence-electron chi connectivity index (χ4n) is 6.05. The Hall–Kier alpha value is -1.05. The summed E-state index contributed by atoms with van der Waals surface area (Å²) in [7, 11) is 0. The largest absolute Gasteiger partial charge is 0.492 e. The second-order valence-corrected chi connectivity index (χ2v) is 10.7. The molecule has 2 nitrogen and oxygen atoms in total. The highest BCUT2D eigenvalue weighted by Crippen LogP contribution is 2.42. The van der Waals surface area contributed by atoms with E-state index in [2.05, 4.69) is 31.0 Å². The van der Waals surface area contributed by atoms with Crippen LogP contribution in [-0.2, 0) is 6.42 Å². The molecule has 0 aliphatic heterocycles. The quantitative estimate of drug-likeness (QED) is 0.293. The van der Waals surface area contributed by atoms with Crippen LogP contribution in [0.25, 0.3) is 0 Å². The number of unbranched alkanes of at least 4 members (excludes halogenated alkanes) is 5. The zero-order valence-electron chi connectivity index (χ0n) is 20.6. The summed E-state index contributed by atoms with van der Waals surface area (Å²) in [6.07, 6.45) is 25.7. The van der Waals surface area contributed by atoms with E-state index in [4.69, 9.17) is 4.74 Å². The Bertz CT molecular complexity index is 567.